The van der Waals surface area contributed by atoms with Crippen molar-refractivity contribution in [2.75, 3.05) is 21.3 Å². The summed E-state index contributed by atoms with van der Waals surface area (Å²) in [4.78, 5) is 25.3. The molecule has 1 saturated heterocycles. The van der Waals surface area contributed by atoms with E-state index in [1.165, 1.54) is 21.3 Å². The molecule has 0 N–H and O–H groups in total. The molecule has 0 aliphatic carbocycles. The van der Waals surface area contributed by atoms with Crippen LogP contribution < -0.4 is 19.3 Å². The predicted molar refractivity (Wildman–Crippen MR) is 100 cm³/mol. The van der Waals surface area contributed by atoms with E-state index in [0.717, 1.165) is 16.7 Å². The van der Waals surface area contributed by atoms with Gasteiger partial charge in [-0.1, -0.05) is 30.9 Å². The maximum Gasteiger partial charge on any atom is 0.266 e. The Balaban J connectivity index is 2.43. The van der Waals surface area contributed by atoms with Gasteiger partial charge in [0, 0.05) is 0 Å². The van der Waals surface area contributed by atoms with Crippen molar-refractivity contribution in [3.63, 3.8) is 0 Å². The molecule has 1 aromatic rings. The van der Waals surface area contributed by atoms with E-state index < -0.39 is 17.9 Å². The van der Waals surface area contributed by atoms with E-state index in [0.29, 0.717) is 27.7 Å². The normalized spacial score (nSPS) is 16.8. The Morgan fingerprint density at radius 3 is 2.27 bits per heavy atom. The second kappa shape index (κ2) is 8.41. The van der Waals surface area contributed by atoms with Gasteiger partial charge < -0.3 is 24.1 Å². The number of carbonyl (C=O) groups excluding carboxylic acids is 2. The number of aliphatic carboxylic acids is 1. The van der Waals surface area contributed by atoms with Crippen molar-refractivity contribution in [1.29, 1.82) is 0 Å². The highest BCUT2D eigenvalue weighted by molar-refractivity contribution is 8.26. The smallest absolute Gasteiger partial charge is 0.266 e. The summed E-state index contributed by atoms with van der Waals surface area (Å²) in [5.74, 6) is -0.491. The highest BCUT2D eigenvalue weighted by Crippen LogP contribution is 2.40. The number of benzene rings is 1. The van der Waals surface area contributed by atoms with E-state index >= 15 is 0 Å². The molecule has 0 bridgehead atoms. The molecule has 7 nitrogen and oxygen atoms in total. The number of ether oxygens (including phenoxy) is 3. The van der Waals surface area contributed by atoms with Gasteiger partial charge in [0.15, 0.2) is 11.5 Å². The summed E-state index contributed by atoms with van der Waals surface area (Å²) in [7, 11) is 4.48. The fourth-order valence-electron chi connectivity index (χ4n) is 2.54. The molecule has 26 heavy (non-hydrogen) atoms. The Morgan fingerprint density at radius 1 is 1.27 bits per heavy atom. The number of carbonyl (C=O) groups is 2. The van der Waals surface area contributed by atoms with E-state index in [1.54, 1.807) is 25.1 Å². The molecule has 1 aromatic carbocycles. The standard InChI is InChI=1S/C17H19NO6S2/c1-5-10(16(20)21)18-15(19)13(26-17(18)25)8-9-6-11(22-2)14(24-4)12(7-9)23-3/h6-8,10H,5H2,1-4H3,(H,20,21)/p-1/b13-8-/t10-/m0/s1. The van der Waals surface area contributed by atoms with Crippen LogP contribution in [0.25, 0.3) is 6.08 Å². The summed E-state index contributed by atoms with van der Waals surface area (Å²) in [6.07, 6.45) is 1.80. The van der Waals surface area contributed by atoms with Crippen molar-refractivity contribution in [1.82, 2.24) is 4.90 Å². The fourth-order valence-corrected chi connectivity index (χ4v) is 3.90. The summed E-state index contributed by atoms with van der Waals surface area (Å²) in [6.45, 7) is 1.65. The number of hydrogen-bond donors (Lipinski definition) is 0. The van der Waals surface area contributed by atoms with E-state index in [1.807, 2.05) is 0 Å². The Morgan fingerprint density at radius 2 is 1.85 bits per heavy atom. The first-order valence-electron chi connectivity index (χ1n) is 7.65. The van der Waals surface area contributed by atoms with Gasteiger partial charge >= 0.3 is 0 Å². The van der Waals surface area contributed by atoms with Crippen LogP contribution in [0.4, 0.5) is 0 Å². The van der Waals surface area contributed by atoms with Crippen molar-refractivity contribution in [2.45, 2.75) is 19.4 Å². The van der Waals surface area contributed by atoms with Gasteiger partial charge in [-0.3, -0.25) is 9.69 Å². The summed E-state index contributed by atoms with van der Waals surface area (Å²) in [5, 5.41) is 11.3. The number of thiocarbonyl (C=S) groups is 1. The van der Waals surface area contributed by atoms with E-state index in [-0.39, 0.29) is 10.7 Å². The molecule has 1 aliphatic heterocycles. The first kappa shape index (κ1) is 20.1. The molecule has 1 fully saturated rings. The molecule has 140 valence electrons. The van der Waals surface area contributed by atoms with Crippen molar-refractivity contribution in [2.24, 2.45) is 0 Å². The molecule has 0 aromatic heterocycles. The van der Waals surface area contributed by atoms with Crippen molar-refractivity contribution in [3.8, 4) is 17.2 Å². The van der Waals surface area contributed by atoms with Crippen LogP contribution in [0.2, 0.25) is 0 Å². The Labute approximate surface area is 160 Å². The number of amides is 1. The number of methoxy groups -OCH3 is 3. The van der Waals surface area contributed by atoms with Gasteiger partial charge in [0.1, 0.15) is 4.32 Å². The van der Waals surface area contributed by atoms with Crippen molar-refractivity contribution >= 4 is 46.3 Å². The van der Waals surface area contributed by atoms with Crippen LogP contribution in [0.1, 0.15) is 18.9 Å². The summed E-state index contributed by atoms with van der Waals surface area (Å²) < 4.78 is 16.0. The molecule has 0 radical (unpaired) electrons. The van der Waals surface area contributed by atoms with Gasteiger partial charge in [-0.25, -0.2) is 0 Å². The highest BCUT2D eigenvalue weighted by Gasteiger charge is 2.37. The van der Waals surface area contributed by atoms with Gasteiger partial charge in [0.05, 0.1) is 38.2 Å². The van der Waals surface area contributed by atoms with Gasteiger partial charge in [-0.2, -0.15) is 0 Å². The van der Waals surface area contributed by atoms with Crippen LogP contribution in [-0.2, 0) is 9.59 Å². The molecule has 9 heteroatoms. The zero-order valence-electron chi connectivity index (χ0n) is 14.7. The minimum Gasteiger partial charge on any atom is -0.548 e. The second-order valence-corrected chi connectivity index (χ2v) is 6.93. The molecule has 0 spiro atoms. The third kappa shape index (κ3) is 3.78. The van der Waals surface area contributed by atoms with Crippen molar-refractivity contribution < 1.29 is 28.9 Å². The first-order valence-corrected chi connectivity index (χ1v) is 8.88. The SMILES string of the molecule is CC[C@@H](C(=O)[O-])N1C(=O)/C(=C/c2cc(OC)c(OC)c(OC)c2)SC1=S. The summed E-state index contributed by atoms with van der Waals surface area (Å²) in [5.41, 5.74) is 0.626. The molecular weight excluding hydrogens is 378 g/mol. The number of hydrogen-bond acceptors (Lipinski definition) is 8. The van der Waals surface area contributed by atoms with Crippen LogP contribution in [0.5, 0.6) is 17.2 Å². The van der Waals surface area contributed by atoms with Gasteiger partial charge in [-0.05, 0) is 30.2 Å². The third-order valence-electron chi connectivity index (χ3n) is 3.78. The lowest BCUT2D eigenvalue weighted by Crippen LogP contribution is -2.49. The zero-order chi connectivity index (χ0) is 19.4. The highest BCUT2D eigenvalue weighted by atomic mass is 32.2. The fraction of sp³-hybridized carbons (Fsp3) is 0.353. The molecule has 1 amide bonds. The predicted octanol–water partition coefficient (Wildman–Crippen LogP) is 1.44. The van der Waals surface area contributed by atoms with Gasteiger partial charge in [-0.15, -0.1) is 0 Å². The number of thioether (sulfide) groups is 1. The average molecular weight is 396 g/mol. The lowest BCUT2D eigenvalue weighted by molar-refractivity contribution is -0.310. The first-order chi connectivity index (χ1) is 12.4. The van der Waals surface area contributed by atoms with Gasteiger partial charge in [0.25, 0.3) is 5.91 Å². The van der Waals surface area contributed by atoms with Crippen LogP contribution in [0, 0.1) is 0 Å². The lowest BCUT2D eigenvalue weighted by Gasteiger charge is -2.26. The Hall–Kier alpha value is -2.26. The van der Waals surface area contributed by atoms with Crippen LogP contribution in [0.3, 0.4) is 0 Å². The second-order valence-electron chi connectivity index (χ2n) is 5.25. The minimum absolute atomic E-state index is 0.185. The maximum atomic E-state index is 12.6. The van der Waals surface area contributed by atoms with E-state index in [2.05, 4.69) is 0 Å². The zero-order valence-corrected chi connectivity index (χ0v) is 16.4. The maximum absolute atomic E-state index is 12.6. The molecule has 1 atom stereocenters. The molecule has 1 aliphatic rings. The molecule has 0 unspecified atom stereocenters. The topological polar surface area (TPSA) is 88.1 Å². The molecular formula is C17H18NO6S2-. The van der Waals surface area contributed by atoms with E-state index in [4.69, 9.17) is 26.4 Å². The van der Waals surface area contributed by atoms with E-state index in [9.17, 15) is 14.7 Å². The summed E-state index contributed by atoms with van der Waals surface area (Å²) >= 11 is 6.22. The third-order valence-corrected chi connectivity index (χ3v) is 5.11. The van der Waals surface area contributed by atoms with Crippen LogP contribution >= 0.6 is 24.0 Å². The van der Waals surface area contributed by atoms with Crippen LogP contribution in [0.15, 0.2) is 17.0 Å². The molecule has 2 rings (SSSR count). The van der Waals surface area contributed by atoms with Crippen molar-refractivity contribution in [3.05, 3.63) is 22.6 Å². The minimum atomic E-state index is -1.34. The Bertz CT molecular complexity index is 752. The largest absolute Gasteiger partial charge is 0.548 e. The number of carboxylic acids is 1. The number of nitrogens with zero attached hydrogens (tertiary/aromatic N) is 1. The lowest BCUT2D eigenvalue weighted by atomic mass is 10.1. The molecule has 1 heterocycles. The van der Waals surface area contributed by atoms with Crippen LogP contribution in [-0.4, -0.2) is 48.5 Å². The number of rotatable bonds is 7. The monoisotopic (exact) mass is 396 g/mol. The van der Waals surface area contributed by atoms with Gasteiger partial charge in [0.2, 0.25) is 5.75 Å². The average Bonchev–Trinajstić information content (AvgIpc) is 2.88. The number of carboxylic acid groups (broad SMARTS) is 1. The quantitative estimate of drug-likeness (QED) is 0.505. The summed E-state index contributed by atoms with van der Waals surface area (Å²) in [6, 6.07) is 2.28. The Kier molecular flexibility index (Phi) is 6.49. The molecule has 0 saturated carbocycles.